The van der Waals surface area contributed by atoms with Crippen LogP contribution in [0.1, 0.15) is 22.8 Å². The van der Waals surface area contributed by atoms with Gasteiger partial charge in [-0.2, -0.15) is 18.2 Å². The third kappa shape index (κ3) is 4.59. The van der Waals surface area contributed by atoms with Crippen molar-refractivity contribution in [3.63, 3.8) is 0 Å². The number of hydrazine groups is 1. The summed E-state index contributed by atoms with van der Waals surface area (Å²) in [7, 11) is 0. The topological polar surface area (TPSA) is 36.9 Å². The second-order valence-electron chi connectivity index (χ2n) is 5.81. The van der Waals surface area contributed by atoms with Gasteiger partial charge in [0.05, 0.1) is 31.2 Å². The average molecular weight is 367 g/mol. The average Bonchev–Trinajstić information content (AvgIpc) is 3.12. The summed E-state index contributed by atoms with van der Waals surface area (Å²) in [5.41, 5.74) is 2.91. The first-order valence-corrected chi connectivity index (χ1v) is 7.95. The van der Waals surface area contributed by atoms with Crippen molar-refractivity contribution < 1.29 is 22.3 Å². The molecule has 2 aromatic carbocycles. The quantitative estimate of drug-likeness (QED) is 0.787. The summed E-state index contributed by atoms with van der Waals surface area (Å²) in [5, 5.41) is 1.75. The molecule has 26 heavy (non-hydrogen) atoms. The minimum Gasteiger partial charge on any atom is -0.367 e. The predicted molar refractivity (Wildman–Crippen MR) is 88.6 cm³/mol. The van der Waals surface area contributed by atoms with Crippen molar-refractivity contribution in [3.05, 3.63) is 71.0 Å². The summed E-state index contributed by atoms with van der Waals surface area (Å²) in [6.07, 6.45) is -3.47. The Morgan fingerprint density at radius 2 is 1.85 bits per heavy atom. The van der Waals surface area contributed by atoms with Gasteiger partial charge in [0, 0.05) is 0 Å². The molecule has 0 saturated heterocycles. The van der Waals surface area contributed by atoms with Gasteiger partial charge in [-0.3, -0.25) is 4.99 Å². The zero-order valence-corrected chi connectivity index (χ0v) is 13.7. The second-order valence-corrected chi connectivity index (χ2v) is 5.81. The molecule has 1 heterocycles. The van der Waals surface area contributed by atoms with E-state index in [0.29, 0.717) is 18.8 Å². The molecule has 0 saturated carbocycles. The number of nitrogens with zero attached hydrogens (tertiary/aromatic N) is 2. The number of aliphatic imine (C=N–C) groups is 1. The van der Waals surface area contributed by atoms with Crippen molar-refractivity contribution in [3.8, 4) is 0 Å². The van der Waals surface area contributed by atoms with Gasteiger partial charge in [-0.05, 0) is 29.3 Å². The van der Waals surface area contributed by atoms with Crippen LogP contribution in [0.4, 0.5) is 17.6 Å². The lowest BCUT2D eigenvalue weighted by atomic mass is 10.1. The van der Waals surface area contributed by atoms with Crippen LogP contribution in [0.15, 0.2) is 53.5 Å². The maximum atomic E-state index is 13.2. The van der Waals surface area contributed by atoms with E-state index in [1.807, 2.05) is 0 Å². The fourth-order valence-electron chi connectivity index (χ4n) is 2.66. The molecular formula is C18H17F4N3O. The number of rotatable bonds is 6. The molecule has 0 amide bonds. The number of benzene rings is 2. The largest absolute Gasteiger partial charge is 0.416 e. The highest BCUT2D eigenvalue weighted by molar-refractivity contribution is 5.55. The lowest BCUT2D eigenvalue weighted by molar-refractivity contribution is -0.139. The molecule has 0 aliphatic carbocycles. The van der Waals surface area contributed by atoms with Crippen LogP contribution in [0.3, 0.4) is 0 Å². The molecule has 1 aliphatic heterocycles. The van der Waals surface area contributed by atoms with Gasteiger partial charge in [0.2, 0.25) is 0 Å². The zero-order chi connectivity index (χ0) is 18.6. The fourth-order valence-corrected chi connectivity index (χ4v) is 2.66. The molecule has 3 rings (SSSR count). The SMILES string of the molecule is Fc1ccc(C(CN2CN=CN2)OCc2ccccc2C(F)(F)F)cc1. The van der Waals surface area contributed by atoms with Crippen molar-refractivity contribution in [2.75, 3.05) is 13.2 Å². The highest BCUT2D eigenvalue weighted by Gasteiger charge is 2.33. The highest BCUT2D eigenvalue weighted by atomic mass is 19.4. The number of nitrogens with one attached hydrogen (secondary N) is 1. The van der Waals surface area contributed by atoms with Crippen molar-refractivity contribution >= 4 is 6.34 Å². The molecule has 1 atom stereocenters. The molecule has 4 nitrogen and oxygen atoms in total. The first-order valence-electron chi connectivity index (χ1n) is 7.95. The molecule has 1 N–H and O–H groups in total. The van der Waals surface area contributed by atoms with E-state index in [0.717, 1.165) is 6.07 Å². The van der Waals surface area contributed by atoms with Crippen LogP contribution >= 0.6 is 0 Å². The van der Waals surface area contributed by atoms with E-state index in [1.165, 1.54) is 36.7 Å². The van der Waals surface area contributed by atoms with Crippen LogP contribution in [0.25, 0.3) is 0 Å². The minimum atomic E-state index is -4.45. The van der Waals surface area contributed by atoms with Crippen LogP contribution in [0.5, 0.6) is 0 Å². The Kier molecular flexibility index (Phi) is 5.53. The Hall–Kier alpha value is -2.45. The zero-order valence-electron chi connectivity index (χ0n) is 13.7. The molecule has 1 unspecified atom stereocenters. The van der Waals surface area contributed by atoms with E-state index in [9.17, 15) is 17.6 Å². The maximum absolute atomic E-state index is 13.2. The Morgan fingerprint density at radius 1 is 1.12 bits per heavy atom. The lowest BCUT2D eigenvalue weighted by Crippen LogP contribution is -2.36. The maximum Gasteiger partial charge on any atom is 0.416 e. The third-order valence-corrected chi connectivity index (χ3v) is 3.97. The Labute approximate surface area is 148 Å². The van der Waals surface area contributed by atoms with Crippen LogP contribution < -0.4 is 5.43 Å². The van der Waals surface area contributed by atoms with E-state index in [1.54, 1.807) is 17.1 Å². The normalized spacial score (nSPS) is 15.8. The van der Waals surface area contributed by atoms with Crippen LogP contribution in [0, 0.1) is 5.82 Å². The Bertz CT molecular complexity index is 754. The van der Waals surface area contributed by atoms with Gasteiger partial charge in [0.15, 0.2) is 0 Å². The molecule has 0 aromatic heterocycles. The van der Waals surface area contributed by atoms with Crippen LogP contribution in [-0.2, 0) is 17.5 Å². The number of hydrogen-bond acceptors (Lipinski definition) is 4. The summed E-state index contributed by atoms with van der Waals surface area (Å²) in [5.74, 6) is -0.391. The van der Waals surface area contributed by atoms with Crippen molar-refractivity contribution in [1.82, 2.24) is 10.4 Å². The van der Waals surface area contributed by atoms with Crippen molar-refractivity contribution in [1.29, 1.82) is 0 Å². The summed E-state index contributed by atoms with van der Waals surface area (Å²) >= 11 is 0. The molecular weight excluding hydrogens is 350 g/mol. The summed E-state index contributed by atoms with van der Waals surface area (Å²) in [6, 6.07) is 11.0. The molecule has 8 heteroatoms. The van der Waals surface area contributed by atoms with Gasteiger partial charge >= 0.3 is 6.18 Å². The predicted octanol–water partition coefficient (Wildman–Crippen LogP) is 3.91. The first kappa shape index (κ1) is 18.3. The number of hydrogen-bond donors (Lipinski definition) is 1. The molecule has 2 aromatic rings. The Morgan fingerprint density at radius 3 is 2.50 bits per heavy atom. The van der Waals surface area contributed by atoms with Gasteiger partial charge in [-0.1, -0.05) is 30.3 Å². The first-order chi connectivity index (χ1) is 12.4. The fraction of sp³-hybridized carbons (Fsp3) is 0.278. The standard InChI is InChI=1S/C18H17F4N3O/c19-15-7-5-13(6-8-15)17(9-25-12-23-11-24-25)26-10-14-3-1-2-4-16(14)18(20,21)22/h1-8,11,17H,9-10,12H2,(H,23,24). The van der Waals surface area contributed by atoms with E-state index < -0.39 is 23.7 Å². The lowest BCUT2D eigenvalue weighted by Gasteiger charge is -2.24. The summed E-state index contributed by atoms with van der Waals surface area (Å²) < 4.78 is 58.4. The van der Waals surface area contributed by atoms with Crippen LogP contribution in [-0.4, -0.2) is 24.6 Å². The van der Waals surface area contributed by atoms with E-state index in [-0.39, 0.29) is 12.2 Å². The molecule has 138 valence electrons. The number of alkyl halides is 3. The van der Waals surface area contributed by atoms with Gasteiger partial charge in [-0.15, -0.1) is 0 Å². The van der Waals surface area contributed by atoms with Crippen LogP contribution in [0.2, 0.25) is 0 Å². The molecule has 0 radical (unpaired) electrons. The molecule has 0 spiro atoms. The highest BCUT2D eigenvalue weighted by Crippen LogP contribution is 2.33. The second kappa shape index (κ2) is 7.84. The van der Waals surface area contributed by atoms with Gasteiger partial charge in [-0.25, -0.2) is 4.39 Å². The third-order valence-electron chi connectivity index (χ3n) is 3.97. The van der Waals surface area contributed by atoms with Crippen molar-refractivity contribution in [2.45, 2.75) is 18.9 Å². The van der Waals surface area contributed by atoms with Gasteiger partial charge < -0.3 is 10.2 Å². The monoisotopic (exact) mass is 367 g/mol. The van der Waals surface area contributed by atoms with E-state index >= 15 is 0 Å². The van der Waals surface area contributed by atoms with Gasteiger partial charge in [0.25, 0.3) is 0 Å². The van der Waals surface area contributed by atoms with E-state index in [4.69, 9.17) is 4.74 Å². The van der Waals surface area contributed by atoms with Gasteiger partial charge in [0.1, 0.15) is 12.5 Å². The molecule has 0 fully saturated rings. The Balaban J connectivity index is 1.77. The van der Waals surface area contributed by atoms with E-state index in [2.05, 4.69) is 10.4 Å². The summed E-state index contributed by atoms with van der Waals surface area (Å²) in [4.78, 5) is 4.02. The minimum absolute atomic E-state index is 0.0535. The number of halogens is 4. The smallest absolute Gasteiger partial charge is 0.367 e. The summed E-state index contributed by atoms with van der Waals surface area (Å²) in [6.45, 7) is 0.534. The molecule has 0 bridgehead atoms. The number of ether oxygens (including phenoxy) is 1. The molecule has 1 aliphatic rings. The van der Waals surface area contributed by atoms with Crippen molar-refractivity contribution in [2.24, 2.45) is 4.99 Å².